The van der Waals surface area contributed by atoms with E-state index in [0.717, 1.165) is 32.4 Å². The number of hydrogen-bond acceptors (Lipinski definition) is 3. The van der Waals surface area contributed by atoms with Crippen molar-refractivity contribution in [3.05, 3.63) is 64.7 Å². The summed E-state index contributed by atoms with van der Waals surface area (Å²) in [5, 5.41) is 11.6. The minimum atomic E-state index is -0.816. The molecule has 0 bridgehead atoms. The fourth-order valence-electron chi connectivity index (χ4n) is 3.37. The van der Waals surface area contributed by atoms with Gasteiger partial charge in [-0.3, -0.25) is 4.90 Å². The number of piperidine rings is 1. The van der Waals surface area contributed by atoms with Gasteiger partial charge in [0, 0.05) is 18.1 Å². The highest BCUT2D eigenvalue weighted by Crippen LogP contribution is 2.25. The Hall–Kier alpha value is -1.55. The van der Waals surface area contributed by atoms with Gasteiger partial charge in [-0.2, -0.15) is 0 Å². The average Bonchev–Trinajstić information content (AvgIpc) is 2.61. The van der Waals surface area contributed by atoms with Crippen LogP contribution in [0.2, 0.25) is 5.02 Å². The van der Waals surface area contributed by atoms with E-state index in [0.29, 0.717) is 23.9 Å². The van der Waals surface area contributed by atoms with Gasteiger partial charge in [0.15, 0.2) is 0 Å². The van der Waals surface area contributed by atoms with Gasteiger partial charge in [0.1, 0.15) is 18.0 Å². The smallest absolute Gasteiger partial charge is 0.120 e. The molecule has 3 nitrogen and oxygen atoms in total. The van der Waals surface area contributed by atoms with Crippen molar-refractivity contribution in [3.63, 3.8) is 0 Å². The summed E-state index contributed by atoms with van der Waals surface area (Å²) in [6, 6.07) is 16.1. The van der Waals surface area contributed by atoms with Crippen LogP contribution >= 0.6 is 11.6 Å². The van der Waals surface area contributed by atoms with Crippen molar-refractivity contribution in [2.75, 3.05) is 19.7 Å². The maximum Gasteiger partial charge on any atom is 0.120 e. The molecule has 2 aromatic carbocycles. The Balaban J connectivity index is 1.57. The standard InChI is InChI=1S/C21H26ClNO2/c1-2-17-7-9-18(10-8-17)14-23-12-4-11-21(24,15-23)16-25-20-6-3-5-19(22)13-20/h3,5-10,13,24H,2,4,11-12,14-16H2,1H3. The molecule has 0 spiro atoms. The summed E-state index contributed by atoms with van der Waals surface area (Å²) in [6.07, 6.45) is 2.80. The zero-order valence-electron chi connectivity index (χ0n) is 14.7. The van der Waals surface area contributed by atoms with Crippen LogP contribution in [-0.4, -0.2) is 35.3 Å². The van der Waals surface area contributed by atoms with Crippen LogP contribution in [0.15, 0.2) is 48.5 Å². The third kappa shape index (κ3) is 5.21. The van der Waals surface area contributed by atoms with Crippen LogP contribution in [0.4, 0.5) is 0 Å². The fraction of sp³-hybridized carbons (Fsp3) is 0.429. The number of β-amino-alcohol motifs (C(OH)–C–C–N with tert-alkyl or cyclic N) is 1. The molecule has 134 valence electrons. The van der Waals surface area contributed by atoms with E-state index < -0.39 is 5.60 Å². The Morgan fingerprint density at radius 2 is 1.92 bits per heavy atom. The molecule has 25 heavy (non-hydrogen) atoms. The zero-order chi connectivity index (χ0) is 17.7. The predicted octanol–water partition coefficient (Wildman–Crippen LogP) is 4.31. The molecular formula is C21H26ClNO2. The van der Waals surface area contributed by atoms with Crippen LogP contribution in [-0.2, 0) is 13.0 Å². The number of aryl methyl sites for hydroxylation is 1. The molecule has 0 aromatic heterocycles. The lowest BCUT2D eigenvalue weighted by molar-refractivity contribution is -0.0621. The van der Waals surface area contributed by atoms with Crippen molar-refractivity contribution in [2.24, 2.45) is 0 Å². The molecule has 1 unspecified atom stereocenters. The molecule has 0 amide bonds. The molecule has 1 N–H and O–H groups in total. The molecule has 0 saturated carbocycles. The summed E-state index contributed by atoms with van der Waals surface area (Å²) in [5.74, 6) is 0.702. The molecular weight excluding hydrogens is 334 g/mol. The number of aliphatic hydroxyl groups is 1. The first kappa shape index (κ1) is 18.2. The molecule has 4 heteroatoms. The van der Waals surface area contributed by atoms with Gasteiger partial charge in [-0.05, 0) is 55.1 Å². The molecule has 1 aliphatic rings. The number of ether oxygens (including phenoxy) is 1. The molecule has 1 aliphatic heterocycles. The van der Waals surface area contributed by atoms with E-state index in [4.69, 9.17) is 16.3 Å². The third-order valence-electron chi connectivity index (χ3n) is 4.78. The van der Waals surface area contributed by atoms with Gasteiger partial charge >= 0.3 is 0 Å². The van der Waals surface area contributed by atoms with Crippen LogP contribution in [0.3, 0.4) is 0 Å². The third-order valence-corrected chi connectivity index (χ3v) is 5.01. The minimum Gasteiger partial charge on any atom is -0.490 e. The maximum atomic E-state index is 10.9. The van der Waals surface area contributed by atoms with E-state index in [9.17, 15) is 5.11 Å². The first-order chi connectivity index (χ1) is 12.1. The summed E-state index contributed by atoms with van der Waals surface area (Å²) < 4.78 is 5.80. The first-order valence-corrected chi connectivity index (χ1v) is 9.35. The Bertz CT molecular complexity index is 689. The number of hydrogen-bond donors (Lipinski definition) is 1. The second-order valence-electron chi connectivity index (χ2n) is 6.95. The van der Waals surface area contributed by atoms with Gasteiger partial charge in [-0.15, -0.1) is 0 Å². The molecule has 2 aromatic rings. The highest BCUT2D eigenvalue weighted by molar-refractivity contribution is 6.30. The molecule has 1 heterocycles. The molecule has 0 radical (unpaired) electrons. The molecule has 1 saturated heterocycles. The van der Waals surface area contributed by atoms with Crippen LogP contribution in [0.25, 0.3) is 0 Å². The fourth-order valence-corrected chi connectivity index (χ4v) is 3.55. The predicted molar refractivity (Wildman–Crippen MR) is 102 cm³/mol. The van der Waals surface area contributed by atoms with Crippen molar-refractivity contribution < 1.29 is 9.84 Å². The summed E-state index contributed by atoms with van der Waals surface area (Å²) in [4.78, 5) is 2.31. The average molecular weight is 360 g/mol. The van der Waals surface area contributed by atoms with E-state index >= 15 is 0 Å². The maximum absolute atomic E-state index is 10.9. The Kier molecular flexibility index (Phi) is 6.00. The van der Waals surface area contributed by atoms with E-state index in [1.165, 1.54) is 11.1 Å². The molecule has 3 rings (SSSR count). The van der Waals surface area contributed by atoms with Crippen molar-refractivity contribution in [1.82, 2.24) is 4.90 Å². The van der Waals surface area contributed by atoms with Gasteiger partial charge in [0.05, 0.1) is 0 Å². The Labute approximate surface area is 155 Å². The van der Waals surface area contributed by atoms with E-state index in [-0.39, 0.29) is 0 Å². The van der Waals surface area contributed by atoms with Gasteiger partial charge in [-0.25, -0.2) is 0 Å². The number of rotatable bonds is 6. The summed E-state index contributed by atoms with van der Waals surface area (Å²) >= 11 is 5.99. The largest absolute Gasteiger partial charge is 0.490 e. The minimum absolute atomic E-state index is 0.290. The topological polar surface area (TPSA) is 32.7 Å². The second-order valence-corrected chi connectivity index (χ2v) is 7.39. The lowest BCUT2D eigenvalue weighted by Crippen LogP contribution is -2.51. The Morgan fingerprint density at radius 3 is 2.64 bits per heavy atom. The SMILES string of the molecule is CCc1ccc(CN2CCCC(O)(COc3cccc(Cl)c3)C2)cc1. The highest BCUT2D eigenvalue weighted by atomic mass is 35.5. The van der Waals surface area contributed by atoms with E-state index in [1.54, 1.807) is 6.07 Å². The van der Waals surface area contributed by atoms with Crippen molar-refractivity contribution >= 4 is 11.6 Å². The van der Waals surface area contributed by atoms with Gasteiger partial charge in [-0.1, -0.05) is 48.9 Å². The van der Waals surface area contributed by atoms with Crippen LogP contribution in [0, 0.1) is 0 Å². The van der Waals surface area contributed by atoms with Crippen LogP contribution in [0.5, 0.6) is 5.75 Å². The molecule has 1 fully saturated rings. The van der Waals surface area contributed by atoms with Crippen molar-refractivity contribution in [3.8, 4) is 5.75 Å². The molecule has 0 aliphatic carbocycles. The van der Waals surface area contributed by atoms with Gasteiger partial charge in [0.25, 0.3) is 0 Å². The van der Waals surface area contributed by atoms with E-state index in [2.05, 4.69) is 36.1 Å². The monoisotopic (exact) mass is 359 g/mol. The van der Waals surface area contributed by atoms with Gasteiger partial charge < -0.3 is 9.84 Å². The zero-order valence-corrected chi connectivity index (χ0v) is 15.5. The first-order valence-electron chi connectivity index (χ1n) is 8.97. The van der Waals surface area contributed by atoms with Crippen molar-refractivity contribution in [2.45, 2.75) is 38.3 Å². The highest BCUT2D eigenvalue weighted by Gasteiger charge is 2.34. The number of halogens is 1. The molecule has 1 atom stereocenters. The van der Waals surface area contributed by atoms with Crippen molar-refractivity contribution in [1.29, 1.82) is 0 Å². The van der Waals surface area contributed by atoms with Crippen LogP contribution in [0.1, 0.15) is 30.9 Å². The lowest BCUT2D eigenvalue weighted by atomic mass is 9.93. The Morgan fingerprint density at radius 1 is 1.16 bits per heavy atom. The van der Waals surface area contributed by atoms with E-state index in [1.807, 2.05) is 18.2 Å². The van der Waals surface area contributed by atoms with Gasteiger partial charge in [0.2, 0.25) is 0 Å². The number of benzene rings is 2. The number of likely N-dealkylation sites (tertiary alicyclic amines) is 1. The summed E-state index contributed by atoms with van der Waals surface area (Å²) in [5.41, 5.74) is 1.83. The summed E-state index contributed by atoms with van der Waals surface area (Å²) in [7, 11) is 0. The quantitative estimate of drug-likeness (QED) is 0.834. The van der Waals surface area contributed by atoms with Crippen LogP contribution < -0.4 is 4.74 Å². The number of nitrogens with zero attached hydrogens (tertiary/aromatic N) is 1. The summed E-state index contributed by atoms with van der Waals surface area (Å²) in [6.45, 7) is 4.96. The lowest BCUT2D eigenvalue weighted by Gasteiger charge is -2.39. The normalized spacial score (nSPS) is 21.2. The second kappa shape index (κ2) is 8.22.